The second-order valence-corrected chi connectivity index (χ2v) is 14.4. The Hall–Kier alpha value is -7.23. The van der Waals surface area contributed by atoms with Crippen LogP contribution in [0.1, 0.15) is 0 Å². The molecule has 0 aliphatic rings. The molecule has 12 rings (SSSR count). The minimum atomic E-state index is 0.886. The molecule has 0 atom stereocenters. The average Bonchev–Trinajstić information content (AvgIpc) is 3.24. The Labute approximate surface area is 310 Å². The lowest BCUT2D eigenvalue weighted by atomic mass is 9.86. The molecule has 0 fully saturated rings. The molecule has 0 radical (unpaired) electrons. The van der Waals surface area contributed by atoms with Gasteiger partial charge in [-0.1, -0.05) is 127 Å². The summed E-state index contributed by atoms with van der Waals surface area (Å²) in [5, 5.41) is 17.7. The van der Waals surface area contributed by atoms with E-state index in [4.69, 9.17) is 9.97 Å². The van der Waals surface area contributed by atoms with Crippen LogP contribution in [-0.4, -0.2) is 15.0 Å². The molecule has 0 saturated heterocycles. The molecular weight excluding hydrogens is 655 g/mol. The zero-order chi connectivity index (χ0) is 35.3. The van der Waals surface area contributed by atoms with Crippen LogP contribution in [0.2, 0.25) is 0 Å². The number of hydrogen-bond acceptors (Lipinski definition) is 3. The van der Waals surface area contributed by atoms with Crippen molar-refractivity contribution in [3.63, 3.8) is 0 Å². The first-order valence-corrected chi connectivity index (χ1v) is 18.4. The zero-order valence-electron chi connectivity index (χ0n) is 29.1. The highest BCUT2D eigenvalue weighted by molar-refractivity contribution is 6.37. The molecule has 12 aromatic rings. The number of rotatable bonds is 3. The van der Waals surface area contributed by atoms with Gasteiger partial charge in [0.15, 0.2) is 0 Å². The first kappa shape index (κ1) is 29.4. The number of aromatic nitrogens is 3. The third-order valence-corrected chi connectivity index (χ3v) is 11.4. The van der Waals surface area contributed by atoms with Gasteiger partial charge in [-0.2, -0.15) is 0 Å². The lowest BCUT2D eigenvalue weighted by Crippen LogP contribution is -1.90. The lowest BCUT2D eigenvalue weighted by Gasteiger charge is -2.17. The fourth-order valence-electron chi connectivity index (χ4n) is 8.88. The molecule has 0 bridgehead atoms. The predicted octanol–water partition coefficient (Wildman–Crippen LogP) is 13.5. The Morgan fingerprint density at radius 2 is 0.815 bits per heavy atom. The molecule has 0 N–H and O–H groups in total. The summed E-state index contributed by atoms with van der Waals surface area (Å²) in [5.74, 6) is 0. The van der Waals surface area contributed by atoms with Crippen molar-refractivity contribution in [1.82, 2.24) is 15.0 Å². The summed E-state index contributed by atoms with van der Waals surface area (Å²) in [6, 6.07) is 59.6. The van der Waals surface area contributed by atoms with E-state index >= 15 is 0 Å². The van der Waals surface area contributed by atoms with Crippen LogP contribution in [0.25, 0.3) is 120 Å². The van der Waals surface area contributed by atoms with Crippen molar-refractivity contribution in [1.29, 1.82) is 0 Å². The molecule has 3 nitrogen and oxygen atoms in total. The molecule has 9 aromatic carbocycles. The van der Waals surface area contributed by atoms with Gasteiger partial charge in [-0.15, -0.1) is 0 Å². The number of nitrogens with zero attached hydrogens (tertiary/aromatic N) is 3. The first-order chi connectivity index (χ1) is 26.7. The topological polar surface area (TPSA) is 38.7 Å². The Bertz CT molecular complexity index is 3470. The van der Waals surface area contributed by atoms with E-state index in [1.54, 1.807) is 0 Å². The molecule has 54 heavy (non-hydrogen) atoms. The molecule has 248 valence electrons. The van der Waals surface area contributed by atoms with E-state index in [-0.39, 0.29) is 0 Å². The largest absolute Gasteiger partial charge is 0.256 e. The van der Waals surface area contributed by atoms with Gasteiger partial charge in [-0.05, 0) is 112 Å². The van der Waals surface area contributed by atoms with E-state index in [1.807, 2.05) is 18.5 Å². The van der Waals surface area contributed by atoms with Gasteiger partial charge >= 0.3 is 0 Å². The summed E-state index contributed by atoms with van der Waals surface area (Å²) in [4.78, 5) is 14.5. The van der Waals surface area contributed by atoms with Gasteiger partial charge in [-0.3, -0.25) is 9.97 Å². The summed E-state index contributed by atoms with van der Waals surface area (Å²) in [7, 11) is 0. The maximum atomic E-state index is 5.02. The van der Waals surface area contributed by atoms with Crippen molar-refractivity contribution in [2.75, 3.05) is 0 Å². The highest BCUT2D eigenvalue weighted by atomic mass is 14.8. The van der Waals surface area contributed by atoms with Crippen LogP contribution in [-0.2, 0) is 0 Å². The smallest absolute Gasteiger partial charge is 0.0972 e. The van der Waals surface area contributed by atoms with Gasteiger partial charge in [0, 0.05) is 34.3 Å². The monoisotopic (exact) mass is 683 g/mol. The van der Waals surface area contributed by atoms with E-state index in [0.29, 0.717) is 0 Å². The summed E-state index contributed by atoms with van der Waals surface area (Å²) >= 11 is 0. The van der Waals surface area contributed by atoms with Crippen molar-refractivity contribution in [3.8, 4) is 33.6 Å². The van der Waals surface area contributed by atoms with Crippen LogP contribution in [0.15, 0.2) is 176 Å². The molecule has 3 heterocycles. The van der Waals surface area contributed by atoms with E-state index in [1.165, 1.54) is 75.8 Å². The van der Waals surface area contributed by atoms with Crippen LogP contribution in [0.5, 0.6) is 0 Å². The zero-order valence-corrected chi connectivity index (χ0v) is 29.1. The highest BCUT2D eigenvalue weighted by Gasteiger charge is 2.16. The van der Waals surface area contributed by atoms with Gasteiger partial charge < -0.3 is 0 Å². The van der Waals surface area contributed by atoms with E-state index < -0.39 is 0 Å². The van der Waals surface area contributed by atoms with Gasteiger partial charge in [0.25, 0.3) is 0 Å². The van der Waals surface area contributed by atoms with Gasteiger partial charge in [0.1, 0.15) is 0 Å². The van der Waals surface area contributed by atoms with Crippen LogP contribution in [0.4, 0.5) is 0 Å². The molecule has 0 spiro atoms. The third-order valence-electron chi connectivity index (χ3n) is 11.4. The van der Waals surface area contributed by atoms with Crippen molar-refractivity contribution in [2.24, 2.45) is 0 Å². The summed E-state index contributed by atoms with van der Waals surface area (Å²) in [6.45, 7) is 0. The van der Waals surface area contributed by atoms with E-state index in [9.17, 15) is 0 Å². The Balaban J connectivity index is 0.988. The van der Waals surface area contributed by atoms with Crippen molar-refractivity contribution in [3.05, 3.63) is 176 Å². The van der Waals surface area contributed by atoms with Crippen LogP contribution in [0.3, 0.4) is 0 Å². The van der Waals surface area contributed by atoms with Gasteiger partial charge in [0.2, 0.25) is 0 Å². The molecule has 0 amide bonds. The lowest BCUT2D eigenvalue weighted by molar-refractivity contribution is 1.30. The second kappa shape index (κ2) is 11.1. The number of fused-ring (bicyclic) bond motifs is 5. The van der Waals surface area contributed by atoms with Crippen LogP contribution >= 0.6 is 0 Å². The molecule has 3 aromatic heterocycles. The molecule has 3 heteroatoms. The normalized spacial score (nSPS) is 12.1. The maximum Gasteiger partial charge on any atom is 0.0972 e. The number of benzene rings is 8. The maximum absolute atomic E-state index is 5.02. The predicted molar refractivity (Wildman–Crippen MR) is 227 cm³/mol. The van der Waals surface area contributed by atoms with Crippen LogP contribution in [0, 0.1) is 0 Å². The summed E-state index contributed by atoms with van der Waals surface area (Å²) in [6.07, 6.45) is 3.75. The van der Waals surface area contributed by atoms with Crippen molar-refractivity contribution < 1.29 is 0 Å². The summed E-state index contributed by atoms with van der Waals surface area (Å²) < 4.78 is 0. The van der Waals surface area contributed by atoms with Crippen LogP contribution < -0.4 is 0 Å². The molecule has 0 aliphatic heterocycles. The molecule has 0 saturated carbocycles. The standard InChI is InChI=1S/C51H29N3/c1-5-32-16-17-33-7-3-11-42-43-28-39(27-37-21-18-34-6-2-10-41(47(34)49(37)43)40(9-1)46(32)48(33)42)30-12-14-31(15-13-30)44-24-23-38(29-53-44)45-25-22-36-20-19-35-8-4-26-52-50(35)51(36)54-45/h1-29H. The van der Waals surface area contributed by atoms with E-state index in [0.717, 1.165) is 44.3 Å². The fourth-order valence-corrected chi connectivity index (χ4v) is 8.88. The second-order valence-electron chi connectivity index (χ2n) is 14.4. The number of pyridine rings is 3. The van der Waals surface area contributed by atoms with E-state index in [2.05, 4.69) is 163 Å². The minimum absolute atomic E-state index is 0.886. The van der Waals surface area contributed by atoms with Crippen molar-refractivity contribution in [2.45, 2.75) is 0 Å². The molecule has 0 unspecified atom stereocenters. The fraction of sp³-hybridized carbons (Fsp3) is 0. The number of hydrogen-bond donors (Lipinski definition) is 0. The van der Waals surface area contributed by atoms with Crippen molar-refractivity contribution >= 4 is 86.4 Å². The summed E-state index contributed by atoms with van der Waals surface area (Å²) in [5.41, 5.74) is 8.07. The SMILES string of the molecule is c1cnc2c(c1)ccc1ccc(-c3ccc(-c4ccc(-c5cc6ccc7cccc8c9cccc%10ccc%11cccc(c(c5)c6c78)c%11c%109)cc4)nc3)nc12. The quantitative estimate of drug-likeness (QED) is 0.174. The minimum Gasteiger partial charge on any atom is -0.256 e. The molecule has 0 aliphatic carbocycles. The Morgan fingerprint density at radius 1 is 0.296 bits per heavy atom. The molecular formula is C51H29N3. The van der Waals surface area contributed by atoms with Gasteiger partial charge in [0.05, 0.1) is 22.4 Å². The Kier molecular flexibility index (Phi) is 6.05. The Morgan fingerprint density at radius 3 is 1.48 bits per heavy atom. The highest BCUT2D eigenvalue weighted by Crippen LogP contribution is 2.44. The third kappa shape index (κ3) is 4.27. The van der Waals surface area contributed by atoms with Gasteiger partial charge in [-0.25, -0.2) is 4.98 Å². The first-order valence-electron chi connectivity index (χ1n) is 18.4. The average molecular weight is 684 g/mol.